The highest BCUT2D eigenvalue weighted by Crippen LogP contribution is 2.21. The second-order valence-corrected chi connectivity index (χ2v) is 9.06. The monoisotopic (exact) mass is 437 g/mol. The maximum Gasteiger partial charge on any atom is 0.255 e. The lowest BCUT2D eigenvalue weighted by Gasteiger charge is -2.34. The first-order valence-corrected chi connectivity index (χ1v) is 10.8. The Balaban J connectivity index is 1.61. The number of hydrogen-bond donors (Lipinski definition) is 1. The topological polar surface area (TPSA) is 69.7 Å². The molecule has 3 rings (SSSR count). The minimum Gasteiger partial charge on any atom is -0.369 e. The molecule has 0 aliphatic carbocycles. The molecule has 0 spiro atoms. The van der Waals surface area contributed by atoms with E-state index in [9.17, 15) is 13.2 Å². The summed E-state index contributed by atoms with van der Waals surface area (Å²) in [6, 6.07) is 14.8. The third-order valence-corrected chi connectivity index (χ3v) is 6.08. The first-order chi connectivity index (χ1) is 12.3. The average molecular weight is 438 g/mol. The van der Waals surface area contributed by atoms with E-state index in [1.54, 1.807) is 12.1 Å². The van der Waals surface area contributed by atoms with Crippen LogP contribution < -0.4 is 10.2 Å². The zero-order valence-corrected chi connectivity index (χ0v) is 16.8. The molecule has 0 radical (unpaired) electrons. The van der Waals surface area contributed by atoms with E-state index in [-0.39, 0.29) is 5.91 Å². The maximum absolute atomic E-state index is 12.3. The van der Waals surface area contributed by atoms with Gasteiger partial charge in [0.05, 0.1) is 6.26 Å². The molecule has 0 bridgehead atoms. The lowest BCUT2D eigenvalue weighted by Crippen LogP contribution is -2.48. The Labute approximate surface area is 162 Å². The molecular weight excluding hydrogens is 418 g/mol. The first kappa shape index (κ1) is 18.9. The van der Waals surface area contributed by atoms with Crippen molar-refractivity contribution < 1.29 is 13.2 Å². The van der Waals surface area contributed by atoms with Gasteiger partial charge in [-0.25, -0.2) is 8.42 Å². The third kappa shape index (κ3) is 4.63. The Morgan fingerprint density at radius 2 is 1.69 bits per heavy atom. The fourth-order valence-electron chi connectivity index (χ4n) is 2.87. The van der Waals surface area contributed by atoms with Crippen molar-refractivity contribution in [3.8, 4) is 0 Å². The maximum atomic E-state index is 12.3. The van der Waals surface area contributed by atoms with E-state index in [4.69, 9.17) is 0 Å². The number of benzene rings is 2. The van der Waals surface area contributed by atoms with Gasteiger partial charge >= 0.3 is 0 Å². The normalized spacial score (nSPS) is 15.7. The van der Waals surface area contributed by atoms with Crippen LogP contribution in [-0.2, 0) is 10.0 Å². The van der Waals surface area contributed by atoms with Crippen LogP contribution in [0.15, 0.2) is 53.0 Å². The molecule has 2 aromatic rings. The van der Waals surface area contributed by atoms with Crippen molar-refractivity contribution in [1.82, 2.24) is 4.31 Å². The van der Waals surface area contributed by atoms with Crippen LogP contribution in [0.1, 0.15) is 10.4 Å². The SMILES string of the molecule is CS(=O)(=O)N1CCN(c2ccc(NC(=O)c3cccc(Br)c3)cc2)CC1. The van der Waals surface area contributed by atoms with Crippen molar-refractivity contribution in [2.24, 2.45) is 0 Å². The number of hydrogen-bond acceptors (Lipinski definition) is 4. The minimum atomic E-state index is -3.13. The number of carbonyl (C=O) groups is 1. The fourth-order valence-corrected chi connectivity index (χ4v) is 4.09. The van der Waals surface area contributed by atoms with Crippen LogP contribution in [0.4, 0.5) is 11.4 Å². The lowest BCUT2D eigenvalue weighted by atomic mass is 10.2. The second-order valence-electron chi connectivity index (χ2n) is 6.16. The summed E-state index contributed by atoms with van der Waals surface area (Å²) in [6.45, 7) is 2.27. The summed E-state index contributed by atoms with van der Waals surface area (Å²) in [5.41, 5.74) is 2.31. The Kier molecular flexibility index (Phi) is 5.64. The number of nitrogens with zero attached hydrogens (tertiary/aromatic N) is 2. The molecule has 1 aliphatic rings. The number of rotatable bonds is 4. The molecule has 0 aromatic heterocycles. The summed E-state index contributed by atoms with van der Waals surface area (Å²) < 4.78 is 25.5. The number of anilines is 2. The van der Waals surface area contributed by atoms with Crippen LogP contribution >= 0.6 is 15.9 Å². The molecule has 1 aliphatic heterocycles. The van der Waals surface area contributed by atoms with E-state index in [0.717, 1.165) is 10.2 Å². The molecule has 138 valence electrons. The zero-order chi connectivity index (χ0) is 18.7. The van der Waals surface area contributed by atoms with Crippen LogP contribution in [0.5, 0.6) is 0 Å². The van der Waals surface area contributed by atoms with E-state index in [2.05, 4.69) is 26.1 Å². The van der Waals surface area contributed by atoms with Crippen molar-refractivity contribution in [3.05, 3.63) is 58.6 Å². The van der Waals surface area contributed by atoms with Gasteiger partial charge in [0, 0.05) is 47.6 Å². The summed E-state index contributed by atoms with van der Waals surface area (Å²) in [4.78, 5) is 14.4. The van der Waals surface area contributed by atoms with E-state index < -0.39 is 10.0 Å². The lowest BCUT2D eigenvalue weighted by molar-refractivity contribution is 0.102. The summed E-state index contributed by atoms with van der Waals surface area (Å²) in [6.07, 6.45) is 1.24. The van der Waals surface area contributed by atoms with Gasteiger partial charge in [-0.2, -0.15) is 4.31 Å². The molecule has 8 heteroatoms. The Morgan fingerprint density at radius 3 is 2.27 bits per heavy atom. The molecule has 6 nitrogen and oxygen atoms in total. The van der Waals surface area contributed by atoms with Crippen LogP contribution in [0.25, 0.3) is 0 Å². The summed E-state index contributed by atoms with van der Waals surface area (Å²) in [7, 11) is -3.13. The molecule has 1 amide bonds. The molecule has 1 N–H and O–H groups in total. The minimum absolute atomic E-state index is 0.166. The fraction of sp³-hybridized carbons (Fsp3) is 0.278. The van der Waals surface area contributed by atoms with Crippen molar-refractivity contribution in [2.75, 3.05) is 42.7 Å². The van der Waals surface area contributed by atoms with Gasteiger partial charge < -0.3 is 10.2 Å². The Hall–Kier alpha value is -1.90. The highest BCUT2D eigenvalue weighted by Gasteiger charge is 2.23. The molecule has 0 atom stereocenters. The van der Waals surface area contributed by atoms with Crippen molar-refractivity contribution in [1.29, 1.82) is 0 Å². The highest BCUT2D eigenvalue weighted by molar-refractivity contribution is 9.10. The molecule has 1 heterocycles. The van der Waals surface area contributed by atoms with Crippen molar-refractivity contribution >= 4 is 43.2 Å². The van der Waals surface area contributed by atoms with E-state index in [0.29, 0.717) is 37.4 Å². The standard InChI is InChI=1S/C18H20BrN3O3S/c1-26(24,25)22-11-9-21(10-12-22)17-7-5-16(6-8-17)20-18(23)14-3-2-4-15(19)13-14/h2-8,13H,9-12H2,1H3,(H,20,23). The molecule has 0 saturated carbocycles. The number of halogens is 1. The predicted octanol–water partition coefficient (Wildman–Crippen LogP) is 2.78. The molecule has 1 fully saturated rings. The highest BCUT2D eigenvalue weighted by atomic mass is 79.9. The third-order valence-electron chi connectivity index (χ3n) is 4.28. The number of nitrogens with one attached hydrogen (secondary N) is 1. The Bertz CT molecular complexity index is 892. The van der Waals surface area contributed by atoms with E-state index >= 15 is 0 Å². The van der Waals surface area contributed by atoms with Gasteiger partial charge in [-0.05, 0) is 42.5 Å². The quantitative estimate of drug-likeness (QED) is 0.797. The van der Waals surface area contributed by atoms with Crippen LogP contribution in [-0.4, -0.2) is 51.1 Å². The van der Waals surface area contributed by atoms with Crippen LogP contribution in [0.2, 0.25) is 0 Å². The smallest absolute Gasteiger partial charge is 0.255 e. The number of piperazine rings is 1. The largest absolute Gasteiger partial charge is 0.369 e. The van der Waals surface area contributed by atoms with E-state index in [1.165, 1.54) is 10.6 Å². The van der Waals surface area contributed by atoms with Gasteiger partial charge in [-0.3, -0.25) is 4.79 Å². The predicted molar refractivity (Wildman–Crippen MR) is 107 cm³/mol. The molecular formula is C18H20BrN3O3S. The van der Waals surface area contributed by atoms with Gasteiger partial charge in [0.1, 0.15) is 0 Å². The van der Waals surface area contributed by atoms with Gasteiger partial charge in [0.25, 0.3) is 5.91 Å². The van der Waals surface area contributed by atoms with Crippen LogP contribution in [0, 0.1) is 0 Å². The zero-order valence-electron chi connectivity index (χ0n) is 14.4. The summed E-state index contributed by atoms with van der Waals surface area (Å²) >= 11 is 3.36. The second kappa shape index (κ2) is 7.77. The van der Waals surface area contributed by atoms with Crippen molar-refractivity contribution in [3.63, 3.8) is 0 Å². The average Bonchev–Trinajstić information content (AvgIpc) is 2.62. The Morgan fingerprint density at radius 1 is 1.04 bits per heavy atom. The molecule has 2 aromatic carbocycles. The molecule has 26 heavy (non-hydrogen) atoms. The summed E-state index contributed by atoms with van der Waals surface area (Å²) in [5.74, 6) is -0.166. The van der Waals surface area contributed by atoms with Gasteiger partial charge in [0.2, 0.25) is 10.0 Å². The van der Waals surface area contributed by atoms with Gasteiger partial charge in [0.15, 0.2) is 0 Å². The number of amides is 1. The first-order valence-electron chi connectivity index (χ1n) is 8.20. The summed E-state index contributed by atoms with van der Waals surface area (Å²) in [5, 5.41) is 2.88. The molecule has 1 saturated heterocycles. The van der Waals surface area contributed by atoms with E-state index in [1.807, 2.05) is 36.4 Å². The van der Waals surface area contributed by atoms with Crippen LogP contribution in [0.3, 0.4) is 0 Å². The van der Waals surface area contributed by atoms with Gasteiger partial charge in [-0.15, -0.1) is 0 Å². The number of carbonyl (C=O) groups excluding carboxylic acids is 1. The number of sulfonamides is 1. The van der Waals surface area contributed by atoms with Crippen molar-refractivity contribution in [2.45, 2.75) is 0 Å². The molecule has 0 unspecified atom stereocenters. The van der Waals surface area contributed by atoms with Gasteiger partial charge in [-0.1, -0.05) is 22.0 Å².